The maximum atomic E-state index is 12.8. The highest BCUT2D eigenvalue weighted by atomic mass is 35.5. The van der Waals surface area contributed by atoms with Crippen molar-refractivity contribution in [3.8, 4) is 0 Å². The van der Waals surface area contributed by atoms with E-state index in [1.807, 2.05) is 18.2 Å². The fourth-order valence-corrected chi connectivity index (χ4v) is 7.54. The van der Waals surface area contributed by atoms with Crippen molar-refractivity contribution in [2.45, 2.75) is 37.8 Å². The summed E-state index contributed by atoms with van der Waals surface area (Å²) in [6.45, 7) is 0.669. The van der Waals surface area contributed by atoms with E-state index in [2.05, 4.69) is 41.9 Å². The van der Waals surface area contributed by atoms with Gasteiger partial charge in [0, 0.05) is 42.8 Å². The number of alkyl halides is 9. The first-order valence-electron chi connectivity index (χ1n) is 22.6. The number of nitro benzene ring substituents is 1. The lowest BCUT2D eigenvalue weighted by Gasteiger charge is -2.12. The van der Waals surface area contributed by atoms with Gasteiger partial charge in [0.15, 0.2) is 5.95 Å². The monoisotopic (exact) mass is 1170 g/mol. The summed E-state index contributed by atoms with van der Waals surface area (Å²) in [6, 6.07) is 22.3. The molecule has 6 amide bonds. The van der Waals surface area contributed by atoms with Gasteiger partial charge in [-0.05, 0) is 121 Å². The molecule has 0 unspecified atom stereocenters. The summed E-state index contributed by atoms with van der Waals surface area (Å²) in [5.41, 5.74) is 23.8. The van der Waals surface area contributed by atoms with Crippen molar-refractivity contribution in [2.24, 2.45) is 0 Å². The van der Waals surface area contributed by atoms with Gasteiger partial charge in [-0.1, -0.05) is 53.0 Å². The largest absolute Gasteiger partial charge is 0.417 e. The molecule has 0 atom stereocenters. The zero-order valence-electron chi connectivity index (χ0n) is 40.4. The second-order valence-electron chi connectivity index (χ2n) is 16.6. The first kappa shape index (κ1) is 61.3. The fraction of sp³-hybridized carbons (Fsp3) is 0.184. The SMILES string of the molecule is Nc1ccc(CCNC(=O)Nc2ccc(Cl)c(C(F)(F)F)c2)cc1N.Nc1ccc(CCNC(=O)Nc2ccc(Cl)c(C(F)(F)F)c2)cc1[N+](=O)[O-].Nc1nc2ccc(CCNC(=O)Nc3ccc(Cl)c(C(F)(F)F)c3)cc2[nH]1. The number of fused-ring (bicyclic) bond motifs is 1. The second kappa shape index (κ2) is 26.7. The molecule has 30 heteroatoms. The van der Waals surface area contributed by atoms with Crippen molar-refractivity contribution < 1.29 is 58.8 Å². The molecule has 0 bridgehead atoms. The molecule has 0 saturated heterocycles. The lowest BCUT2D eigenvalue weighted by Crippen LogP contribution is -2.30. The predicted octanol–water partition coefficient (Wildman–Crippen LogP) is 12.3. The standard InChI is InChI=1S/C17H15ClF3N5O.C16H14ClF3N4O3.C16H16ClF3N4O/c18-12-3-2-10(8-11(12)17(19,20)21)24-16(27)23-6-5-9-1-4-13-14(7-9)26-15(22)25-13;17-12-3-2-10(8-11(12)16(18,19)20)23-15(25)22-6-5-9-1-4-13(21)14(7-9)24(26)27;17-12-3-2-10(8-11(12)16(18,19)20)24-15(25)23-6-5-9-1-4-13(21)14(22)7-9/h1-4,7-8H,5-6H2,(H3,22,25,26)(H2,23,24,27);1-4,7-8H,5-6,21H2,(H2,22,23,25);1-4,7-8H,5-6,21-22H2,(H2,23,24,25). The number of carbonyl (C=O) groups excluding carboxylic acids is 3. The molecule has 420 valence electrons. The van der Waals surface area contributed by atoms with Crippen LogP contribution in [0.5, 0.6) is 0 Å². The number of nitrogens with zero attached hydrogens (tertiary/aromatic N) is 2. The number of amides is 6. The van der Waals surface area contributed by atoms with E-state index in [9.17, 15) is 64.0 Å². The molecular formula is C49H45Cl3F9N13O5. The van der Waals surface area contributed by atoms with Gasteiger partial charge in [0.1, 0.15) is 5.69 Å². The van der Waals surface area contributed by atoms with Crippen LogP contribution in [0.25, 0.3) is 11.0 Å². The summed E-state index contributed by atoms with van der Waals surface area (Å²) in [7, 11) is 0. The minimum Gasteiger partial charge on any atom is -0.397 e. The molecule has 18 nitrogen and oxygen atoms in total. The maximum Gasteiger partial charge on any atom is 0.417 e. The van der Waals surface area contributed by atoms with Crippen LogP contribution in [0.15, 0.2) is 109 Å². The fourth-order valence-electron chi connectivity index (χ4n) is 6.86. The number of nitro groups is 1. The number of anilines is 7. The van der Waals surface area contributed by atoms with E-state index >= 15 is 0 Å². The van der Waals surface area contributed by atoms with E-state index in [-0.39, 0.29) is 47.9 Å². The van der Waals surface area contributed by atoms with E-state index in [1.165, 1.54) is 30.3 Å². The number of urea groups is 3. The summed E-state index contributed by atoms with van der Waals surface area (Å²) in [6.07, 6.45) is -12.6. The molecule has 0 aliphatic heterocycles. The molecule has 15 N–H and O–H groups in total. The zero-order chi connectivity index (χ0) is 58.4. The average Bonchev–Trinajstić information content (AvgIpc) is 3.74. The minimum atomic E-state index is -4.64. The highest BCUT2D eigenvalue weighted by Crippen LogP contribution is 2.38. The number of hydrogen-bond acceptors (Lipinski definition) is 10. The quantitative estimate of drug-likeness (QED) is 0.0224. The number of H-pyrrole nitrogens is 1. The van der Waals surface area contributed by atoms with Crippen molar-refractivity contribution in [3.05, 3.63) is 168 Å². The topological polar surface area (TPSA) is 299 Å². The van der Waals surface area contributed by atoms with Crippen LogP contribution in [0, 0.1) is 10.1 Å². The van der Waals surface area contributed by atoms with Gasteiger partial charge in [-0.15, -0.1) is 0 Å². The Kier molecular flexibility index (Phi) is 20.7. The molecule has 6 aromatic carbocycles. The summed E-state index contributed by atoms with van der Waals surface area (Å²) in [5.74, 6) is 0.320. The molecule has 1 aromatic heterocycles. The molecular weight excluding hydrogens is 1130 g/mol. The Labute approximate surface area is 456 Å². The van der Waals surface area contributed by atoms with Gasteiger partial charge in [0.05, 0.1) is 59.1 Å². The van der Waals surface area contributed by atoms with Crippen molar-refractivity contribution in [1.82, 2.24) is 25.9 Å². The number of rotatable bonds is 13. The number of nitrogen functional groups attached to an aromatic ring is 4. The number of nitrogens with two attached hydrogens (primary N) is 4. The van der Waals surface area contributed by atoms with Gasteiger partial charge in [-0.25, -0.2) is 19.4 Å². The summed E-state index contributed by atoms with van der Waals surface area (Å²) >= 11 is 16.6. The summed E-state index contributed by atoms with van der Waals surface area (Å²) in [4.78, 5) is 52.7. The molecule has 0 fully saturated rings. The van der Waals surface area contributed by atoms with Crippen LogP contribution in [0.4, 0.5) is 99.7 Å². The van der Waals surface area contributed by atoms with E-state index in [0.717, 1.165) is 58.6 Å². The van der Waals surface area contributed by atoms with Gasteiger partial charge in [-0.2, -0.15) is 39.5 Å². The molecule has 7 aromatic rings. The Morgan fingerprint density at radius 2 is 0.873 bits per heavy atom. The number of nitrogens with one attached hydrogen (secondary N) is 7. The summed E-state index contributed by atoms with van der Waals surface area (Å²) in [5, 5.41) is 24.1. The Balaban J connectivity index is 0.000000218. The van der Waals surface area contributed by atoms with Crippen molar-refractivity contribution in [3.63, 3.8) is 0 Å². The number of aromatic amines is 1. The first-order chi connectivity index (χ1) is 37.0. The number of imidazole rings is 1. The predicted molar refractivity (Wildman–Crippen MR) is 285 cm³/mol. The number of hydrogen-bond donors (Lipinski definition) is 11. The van der Waals surface area contributed by atoms with Crippen LogP contribution in [0.2, 0.25) is 15.1 Å². The van der Waals surface area contributed by atoms with Gasteiger partial charge < -0.3 is 59.8 Å². The number of aromatic nitrogens is 2. The van der Waals surface area contributed by atoms with E-state index in [1.54, 1.807) is 24.3 Å². The van der Waals surface area contributed by atoms with Gasteiger partial charge in [0.25, 0.3) is 5.69 Å². The Morgan fingerprint density at radius 3 is 1.25 bits per heavy atom. The van der Waals surface area contributed by atoms with Gasteiger partial charge in [-0.3, -0.25) is 10.1 Å². The third-order valence-electron chi connectivity index (χ3n) is 10.7. The van der Waals surface area contributed by atoms with Crippen LogP contribution in [-0.2, 0) is 37.8 Å². The molecule has 0 saturated carbocycles. The Hall–Kier alpha value is -8.56. The van der Waals surface area contributed by atoms with E-state index in [0.29, 0.717) is 42.3 Å². The first-order valence-corrected chi connectivity index (χ1v) is 23.8. The van der Waals surface area contributed by atoms with Crippen LogP contribution in [0.1, 0.15) is 33.4 Å². The minimum absolute atomic E-state index is 0.00132. The highest BCUT2D eigenvalue weighted by Gasteiger charge is 2.35. The molecule has 79 heavy (non-hydrogen) atoms. The number of carbonyl (C=O) groups is 3. The lowest BCUT2D eigenvalue weighted by molar-refractivity contribution is -0.384. The Bertz CT molecular complexity index is 3330. The maximum absolute atomic E-state index is 12.8. The molecule has 7 rings (SSSR count). The smallest absolute Gasteiger partial charge is 0.397 e. The average molecular weight is 1170 g/mol. The van der Waals surface area contributed by atoms with E-state index < -0.39 is 73.3 Å². The third kappa shape index (κ3) is 18.8. The molecule has 1 heterocycles. The Morgan fingerprint density at radius 1 is 0.506 bits per heavy atom. The van der Waals surface area contributed by atoms with Gasteiger partial charge >= 0.3 is 36.6 Å². The molecule has 0 aliphatic carbocycles. The van der Waals surface area contributed by atoms with Crippen molar-refractivity contribution in [1.29, 1.82) is 0 Å². The van der Waals surface area contributed by atoms with Crippen LogP contribution in [-0.4, -0.2) is 52.6 Å². The third-order valence-corrected chi connectivity index (χ3v) is 11.7. The van der Waals surface area contributed by atoms with Crippen LogP contribution < -0.4 is 54.8 Å². The second-order valence-corrected chi connectivity index (χ2v) is 17.8. The lowest BCUT2D eigenvalue weighted by atomic mass is 10.1. The van der Waals surface area contributed by atoms with Gasteiger partial charge in [0.2, 0.25) is 0 Å². The number of halogens is 12. The van der Waals surface area contributed by atoms with Crippen LogP contribution in [0.3, 0.4) is 0 Å². The highest BCUT2D eigenvalue weighted by molar-refractivity contribution is 6.32. The molecule has 0 radical (unpaired) electrons. The van der Waals surface area contributed by atoms with Crippen LogP contribution >= 0.6 is 34.8 Å². The van der Waals surface area contributed by atoms with Crippen molar-refractivity contribution in [2.75, 3.05) is 58.5 Å². The summed E-state index contributed by atoms with van der Waals surface area (Å²) < 4.78 is 115. The molecule has 0 spiro atoms. The van der Waals surface area contributed by atoms with E-state index in [4.69, 9.17) is 57.7 Å². The zero-order valence-corrected chi connectivity index (χ0v) is 42.7. The number of benzene rings is 6. The molecule has 0 aliphatic rings. The normalized spacial score (nSPS) is 11.3. The van der Waals surface area contributed by atoms with Crippen molar-refractivity contribution >= 4 is 110 Å².